The molecule has 1 aromatic carbocycles. The van der Waals surface area contributed by atoms with Gasteiger partial charge in [-0.3, -0.25) is 4.90 Å². The van der Waals surface area contributed by atoms with Gasteiger partial charge in [-0.1, -0.05) is 30.3 Å². The van der Waals surface area contributed by atoms with Crippen LogP contribution in [0.5, 0.6) is 0 Å². The molecule has 1 aromatic heterocycles. The molecule has 0 saturated carbocycles. The Balaban J connectivity index is 1.92. The zero-order valence-corrected chi connectivity index (χ0v) is 15.4. The van der Waals surface area contributed by atoms with E-state index in [-0.39, 0.29) is 17.5 Å². The average molecular weight is 363 g/mol. The van der Waals surface area contributed by atoms with E-state index >= 15 is 0 Å². The van der Waals surface area contributed by atoms with Crippen LogP contribution in [0.3, 0.4) is 0 Å². The first-order valence-electron chi connectivity index (χ1n) is 8.62. The molecular formula is C18H25N3O3S. The van der Waals surface area contributed by atoms with Crippen LogP contribution in [0.25, 0.3) is 0 Å². The Morgan fingerprint density at radius 3 is 2.52 bits per heavy atom. The topological polar surface area (TPSA) is 64.4 Å². The third kappa shape index (κ3) is 4.48. The SMILES string of the molecule is COCCS(=O)(=O)c1ncc(CN2CCCC2)n1Cc1ccccc1. The zero-order chi connectivity index (χ0) is 17.7. The lowest BCUT2D eigenvalue weighted by Crippen LogP contribution is -2.23. The maximum absolute atomic E-state index is 12.7. The van der Waals surface area contributed by atoms with E-state index in [1.54, 1.807) is 6.20 Å². The van der Waals surface area contributed by atoms with Crippen molar-refractivity contribution < 1.29 is 13.2 Å². The molecule has 1 aliphatic rings. The van der Waals surface area contributed by atoms with Crippen molar-refractivity contribution in [1.29, 1.82) is 0 Å². The van der Waals surface area contributed by atoms with Gasteiger partial charge in [0.25, 0.3) is 0 Å². The van der Waals surface area contributed by atoms with Crippen LogP contribution in [0.1, 0.15) is 24.1 Å². The summed E-state index contributed by atoms with van der Waals surface area (Å²) < 4.78 is 32.1. The molecule has 0 atom stereocenters. The van der Waals surface area contributed by atoms with Gasteiger partial charge in [-0.2, -0.15) is 0 Å². The van der Waals surface area contributed by atoms with Crippen LogP contribution < -0.4 is 0 Å². The highest BCUT2D eigenvalue weighted by atomic mass is 32.2. The Morgan fingerprint density at radius 1 is 1.12 bits per heavy atom. The van der Waals surface area contributed by atoms with E-state index in [2.05, 4.69) is 9.88 Å². The molecule has 2 heterocycles. The first-order chi connectivity index (χ1) is 12.1. The van der Waals surface area contributed by atoms with E-state index in [9.17, 15) is 8.42 Å². The Kier molecular flexibility index (Phi) is 5.88. The molecule has 0 radical (unpaired) electrons. The molecule has 0 spiro atoms. The van der Waals surface area contributed by atoms with Gasteiger partial charge in [0.2, 0.25) is 15.0 Å². The fraction of sp³-hybridized carbons (Fsp3) is 0.500. The van der Waals surface area contributed by atoms with Gasteiger partial charge in [-0.05, 0) is 31.5 Å². The third-order valence-corrected chi connectivity index (χ3v) is 6.09. The van der Waals surface area contributed by atoms with Crippen LogP contribution in [0.15, 0.2) is 41.7 Å². The number of hydrogen-bond acceptors (Lipinski definition) is 5. The average Bonchev–Trinajstić information content (AvgIpc) is 3.25. The second-order valence-corrected chi connectivity index (χ2v) is 8.40. The van der Waals surface area contributed by atoms with E-state index in [1.165, 1.54) is 20.0 Å². The van der Waals surface area contributed by atoms with Gasteiger partial charge in [0.15, 0.2) is 0 Å². The van der Waals surface area contributed by atoms with Gasteiger partial charge < -0.3 is 9.30 Å². The summed E-state index contributed by atoms with van der Waals surface area (Å²) in [4.78, 5) is 6.62. The minimum absolute atomic E-state index is 0.0571. The normalized spacial score (nSPS) is 15.7. The number of methoxy groups -OCH3 is 1. The molecule has 6 nitrogen and oxygen atoms in total. The third-order valence-electron chi connectivity index (χ3n) is 4.50. The van der Waals surface area contributed by atoms with Gasteiger partial charge in [0.1, 0.15) is 0 Å². The lowest BCUT2D eigenvalue weighted by atomic mass is 10.2. The molecule has 0 unspecified atom stereocenters. The van der Waals surface area contributed by atoms with Crippen LogP contribution >= 0.6 is 0 Å². The lowest BCUT2D eigenvalue weighted by Gasteiger charge is -2.17. The van der Waals surface area contributed by atoms with E-state index < -0.39 is 9.84 Å². The molecule has 3 rings (SSSR count). The summed E-state index contributed by atoms with van der Waals surface area (Å²) in [6, 6.07) is 9.90. The van der Waals surface area contributed by atoms with Crippen LogP contribution in [-0.2, 0) is 27.7 Å². The van der Waals surface area contributed by atoms with Crippen molar-refractivity contribution in [1.82, 2.24) is 14.5 Å². The fourth-order valence-corrected chi connectivity index (χ4v) is 4.46. The summed E-state index contributed by atoms with van der Waals surface area (Å²) in [5.74, 6) is -0.0571. The van der Waals surface area contributed by atoms with Crippen LogP contribution in [0.2, 0.25) is 0 Å². The van der Waals surface area contributed by atoms with Crippen molar-refractivity contribution in [2.24, 2.45) is 0 Å². The maximum Gasteiger partial charge on any atom is 0.228 e. The molecule has 0 bridgehead atoms. The van der Waals surface area contributed by atoms with Gasteiger partial charge >= 0.3 is 0 Å². The highest BCUT2D eigenvalue weighted by Gasteiger charge is 2.24. The first kappa shape index (κ1) is 18.1. The minimum atomic E-state index is -3.48. The van der Waals surface area contributed by atoms with Crippen LogP contribution in [0, 0.1) is 0 Å². The van der Waals surface area contributed by atoms with Crippen LogP contribution in [0.4, 0.5) is 0 Å². The van der Waals surface area contributed by atoms with E-state index in [4.69, 9.17) is 4.74 Å². The molecule has 1 fully saturated rings. The second kappa shape index (κ2) is 8.12. The molecule has 1 saturated heterocycles. The lowest BCUT2D eigenvalue weighted by molar-refractivity contribution is 0.217. The smallest absolute Gasteiger partial charge is 0.228 e. The quantitative estimate of drug-likeness (QED) is 0.717. The summed E-state index contributed by atoms with van der Waals surface area (Å²) in [6.07, 6.45) is 4.11. The van der Waals surface area contributed by atoms with Crippen molar-refractivity contribution in [3.8, 4) is 0 Å². The number of sulfone groups is 1. The highest BCUT2D eigenvalue weighted by Crippen LogP contribution is 2.19. The van der Waals surface area contributed by atoms with Crippen molar-refractivity contribution in [2.45, 2.75) is 31.1 Å². The predicted molar refractivity (Wildman–Crippen MR) is 96.2 cm³/mol. The highest BCUT2D eigenvalue weighted by molar-refractivity contribution is 7.91. The first-order valence-corrected chi connectivity index (χ1v) is 10.3. The van der Waals surface area contributed by atoms with Crippen LogP contribution in [-0.4, -0.2) is 55.4 Å². The fourth-order valence-electron chi connectivity index (χ4n) is 3.16. The number of rotatable bonds is 8. The standard InChI is InChI=1S/C18H25N3O3S/c1-24-11-12-25(22,23)18-19-13-17(15-20-9-5-6-10-20)21(18)14-16-7-3-2-4-8-16/h2-4,7-8,13H,5-6,9-12,14-15H2,1H3. The molecular weight excluding hydrogens is 338 g/mol. The van der Waals surface area contributed by atoms with Crippen molar-refractivity contribution in [2.75, 3.05) is 32.6 Å². The van der Waals surface area contributed by atoms with Gasteiger partial charge in [-0.25, -0.2) is 13.4 Å². The van der Waals surface area contributed by atoms with E-state index in [0.717, 1.165) is 30.9 Å². The van der Waals surface area contributed by atoms with Crippen molar-refractivity contribution in [3.05, 3.63) is 47.8 Å². The Labute approximate surface area is 149 Å². The zero-order valence-electron chi connectivity index (χ0n) is 14.6. The summed E-state index contributed by atoms with van der Waals surface area (Å²) in [6.45, 7) is 3.53. The van der Waals surface area contributed by atoms with E-state index in [1.807, 2.05) is 34.9 Å². The largest absolute Gasteiger partial charge is 0.384 e. The van der Waals surface area contributed by atoms with Gasteiger partial charge in [-0.15, -0.1) is 0 Å². The summed E-state index contributed by atoms with van der Waals surface area (Å²) >= 11 is 0. The molecule has 0 N–H and O–H groups in total. The number of likely N-dealkylation sites (tertiary alicyclic amines) is 1. The van der Waals surface area contributed by atoms with E-state index in [0.29, 0.717) is 6.54 Å². The number of ether oxygens (including phenoxy) is 1. The number of imidazole rings is 1. The molecule has 7 heteroatoms. The van der Waals surface area contributed by atoms with Crippen molar-refractivity contribution in [3.63, 3.8) is 0 Å². The molecule has 0 aliphatic carbocycles. The number of hydrogen-bond donors (Lipinski definition) is 0. The minimum Gasteiger partial charge on any atom is -0.384 e. The monoisotopic (exact) mass is 363 g/mol. The Bertz CT molecular complexity index is 781. The molecule has 2 aromatic rings. The second-order valence-electron chi connectivity index (χ2n) is 6.40. The Morgan fingerprint density at radius 2 is 1.84 bits per heavy atom. The van der Waals surface area contributed by atoms with Crippen molar-refractivity contribution >= 4 is 9.84 Å². The summed E-state index contributed by atoms with van der Waals surface area (Å²) in [5.41, 5.74) is 2.01. The molecule has 136 valence electrons. The molecule has 0 amide bonds. The summed E-state index contributed by atoms with van der Waals surface area (Å²) in [7, 11) is -1.97. The van der Waals surface area contributed by atoms with Gasteiger partial charge in [0, 0.05) is 13.7 Å². The summed E-state index contributed by atoms with van der Waals surface area (Å²) in [5, 5.41) is 0.141. The molecule has 25 heavy (non-hydrogen) atoms. The van der Waals surface area contributed by atoms with Gasteiger partial charge in [0.05, 0.1) is 30.8 Å². The predicted octanol–water partition coefficient (Wildman–Crippen LogP) is 1.95. The number of benzene rings is 1. The molecule has 1 aliphatic heterocycles. The number of aromatic nitrogens is 2. The number of nitrogens with zero attached hydrogens (tertiary/aromatic N) is 3. The maximum atomic E-state index is 12.7. The Hall–Kier alpha value is -1.70.